The van der Waals surface area contributed by atoms with Crippen LogP contribution in [0.4, 0.5) is 0 Å². The molecular formula is C12H9N3O. The van der Waals surface area contributed by atoms with Crippen molar-refractivity contribution in [3.63, 3.8) is 0 Å². The van der Waals surface area contributed by atoms with E-state index in [1.54, 1.807) is 7.05 Å². The number of hydrogen-bond acceptors (Lipinski definition) is 3. The van der Waals surface area contributed by atoms with Gasteiger partial charge in [0.1, 0.15) is 11.4 Å². The van der Waals surface area contributed by atoms with Crippen molar-refractivity contribution < 1.29 is 4.79 Å². The summed E-state index contributed by atoms with van der Waals surface area (Å²) in [5, 5.41) is 7.92. The molecule has 0 atom stereocenters. The Morgan fingerprint density at radius 2 is 1.94 bits per heavy atom. The predicted molar refractivity (Wildman–Crippen MR) is 59.8 cm³/mol. The van der Waals surface area contributed by atoms with Crippen LogP contribution in [0.2, 0.25) is 0 Å². The van der Waals surface area contributed by atoms with E-state index in [2.05, 4.69) is 16.9 Å². The molecule has 4 heteroatoms. The van der Waals surface area contributed by atoms with E-state index >= 15 is 0 Å². The minimum Gasteiger partial charge on any atom is -0.287 e. The lowest BCUT2D eigenvalue weighted by atomic mass is 9.88. The van der Waals surface area contributed by atoms with Crippen LogP contribution in [0.25, 0.3) is 16.8 Å². The molecule has 1 aliphatic carbocycles. The SMILES string of the molecule is C=C1C(=O)c2c(nnn2C)-c2ccccc21. The molecule has 0 saturated carbocycles. The zero-order valence-corrected chi connectivity index (χ0v) is 8.77. The van der Waals surface area contributed by atoms with Gasteiger partial charge in [-0.05, 0) is 5.56 Å². The normalized spacial score (nSPS) is 13.6. The summed E-state index contributed by atoms with van der Waals surface area (Å²) < 4.78 is 1.50. The number of carbonyl (C=O) groups is 1. The van der Waals surface area contributed by atoms with Gasteiger partial charge in [0.2, 0.25) is 5.78 Å². The average Bonchev–Trinajstić information content (AvgIpc) is 2.69. The second-order valence-corrected chi connectivity index (χ2v) is 3.76. The zero-order chi connectivity index (χ0) is 11.3. The van der Waals surface area contributed by atoms with Crippen molar-refractivity contribution in [2.24, 2.45) is 7.05 Å². The van der Waals surface area contributed by atoms with Crippen molar-refractivity contribution in [3.8, 4) is 11.3 Å². The van der Waals surface area contributed by atoms with Gasteiger partial charge in [0, 0.05) is 18.2 Å². The highest BCUT2D eigenvalue weighted by Crippen LogP contribution is 2.36. The fourth-order valence-electron chi connectivity index (χ4n) is 2.01. The van der Waals surface area contributed by atoms with Crippen molar-refractivity contribution in [2.75, 3.05) is 0 Å². The molecule has 0 spiro atoms. The summed E-state index contributed by atoms with van der Waals surface area (Å²) in [6.07, 6.45) is 0. The first-order valence-electron chi connectivity index (χ1n) is 4.93. The van der Waals surface area contributed by atoms with Crippen LogP contribution < -0.4 is 0 Å². The maximum absolute atomic E-state index is 12.1. The monoisotopic (exact) mass is 211 g/mol. The van der Waals surface area contributed by atoms with E-state index in [4.69, 9.17) is 0 Å². The Morgan fingerprint density at radius 3 is 2.69 bits per heavy atom. The fourth-order valence-corrected chi connectivity index (χ4v) is 2.01. The van der Waals surface area contributed by atoms with Crippen molar-refractivity contribution in [1.82, 2.24) is 15.0 Å². The Kier molecular flexibility index (Phi) is 1.63. The fraction of sp³-hybridized carbons (Fsp3) is 0.0833. The minimum atomic E-state index is -0.0961. The molecule has 16 heavy (non-hydrogen) atoms. The zero-order valence-electron chi connectivity index (χ0n) is 8.77. The summed E-state index contributed by atoms with van der Waals surface area (Å²) in [6.45, 7) is 3.84. The number of rotatable bonds is 0. The number of allylic oxidation sites excluding steroid dienone is 1. The van der Waals surface area contributed by atoms with Crippen LogP contribution in [0.1, 0.15) is 16.1 Å². The van der Waals surface area contributed by atoms with Gasteiger partial charge in [-0.2, -0.15) is 0 Å². The van der Waals surface area contributed by atoms with Gasteiger partial charge in [0.05, 0.1) is 0 Å². The van der Waals surface area contributed by atoms with E-state index in [9.17, 15) is 4.79 Å². The van der Waals surface area contributed by atoms with Gasteiger partial charge in [0.15, 0.2) is 0 Å². The first-order valence-corrected chi connectivity index (χ1v) is 4.93. The van der Waals surface area contributed by atoms with Crippen molar-refractivity contribution in [3.05, 3.63) is 42.1 Å². The third-order valence-corrected chi connectivity index (χ3v) is 2.82. The molecule has 1 heterocycles. The lowest BCUT2D eigenvalue weighted by Gasteiger charge is -2.16. The van der Waals surface area contributed by atoms with E-state index in [0.717, 1.165) is 11.1 Å². The predicted octanol–water partition coefficient (Wildman–Crippen LogP) is 1.69. The quantitative estimate of drug-likeness (QED) is 0.623. The molecule has 2 aromatic rings. The van der Waals surface area contributed by atoms with Crippen LogP contribution in [-0.4, -0.2) is 20.8 Å². The number of ketones is 1. The summed E-state index contributed by atoms with van der Waals surface area (Å²) >= 11 is 0. The number of aryl methyl sites for hydroxylation is 1. The molecule has 78 valence electrons. The molecule has 0 N–H and O–H groups in total. The Labute approximate surface area is 92.2 Å². The number of Topliss-reactive ketones (excluding diaryl/α,β-unsaturated/α-hetero) is 1. The molecular weight excluding hydrogens is 202 g/mol. The van der Waals surface area contributed by atoms with Gasteiger partial charge >= 0.3 is 0 Å². The van der Waals surface area contributed by atoms with Crippen LogP contribution in [0.3, 0.4) is 0 Å². The second kappa shape index (κ2) is 2.88. The maximum atomic E-state index is 12.1. The number of aromatic nitrogens is 3. The molecule has 1 aromatic heterocycles. The molecule has 1 aliphatic rings. The molecule has 0 amide bonds. The van der Waals surface area contributed by atoms with Crippen molar-refractivity contribution in [1.29, 1.82) is 0 Å². The highest BCUT2D eigenvalue weighted by Gasteiger charge is 2.30. The first-order chi connectivity index (χ1) is 7.70. The molecule has 0 saturated heterocycles. The van der Waals surface area contributed by atoms with Crippen molar-refractivity contribution >= 4 is 11.4 Å². The Hall–Kier alpha value is -2.23. The smallest absolute Gasteiger partial charge is 0.213 e. The minimum absolute atomic E-state index is 0.0961. The van der Waals surface area contributed by atoms with Crippen molar-refractivity contribution in [2.45, 2.75) is 0 Å². The van der Waals surface area contributed by atoms with Crippen LogP contribution in [0, 0.1) is 0 Å². The van der Waals surface area contributed by atoms with Crippen LogP contribution in [0.5, 0.6) is 0 Å². The highest BCUT2D eigenvalue weighted by atomic mass is 16.1. The van der Waals surface area contributed by atoms with Crippen LogP contribution in [-0.2, 0) is 7.05 Å². The summed E-state index contributed by atoms with van der Waals surface area (Å²) in [4.78, 5) is 12.1. The van der Waals surface area contributed by atoms with Gasteiger partial charge in [-0.3, -0.25) is 4.79 Å². The molecule has 4 nitrogen and oxygen atoms in total. The van der Waals surface area contributed by atoms with E-state index in [-0.39, 0.29) is 5.78 Å². The number of benzene rings is 1. The maximum Gasteiger partial charge on any atom is 0.213 e. The Balaban J connectivity index is 2.43. The summed E-state index contributed by atoms with van der Waals surface area (Å²) in [7, 11) is 1.71. The third-order valence-electron chi connectivity index (χ3n) is 2.82. The van der Waals surface area contributed by atoms with E-state index in [1.807, 2.05) is 24.3 Å². The number of hydrogen-bond donors (Lipinski definition) is 0. The third kappa shape index (κ3) is 0.957. The van der Waals surface area contributed by atoms with E-state index in [0.29, 0.717) is 17.0 Å². The van der Waals surface area contributed by atoms with Crippen LogP contribution >= 0.6 is 0 Å². The lowest BCUT2D eigenvalue weighted by Crippen LogP contribution is -2.14. The molecule has 0 aliphatic heterocycles. The van der Waals surface area contributed by atoms with E-state index < -0.39 is 0 Å². The van der Waals surface area contributed by atoms with Gasteiger partial charge < -0.3 is 0 Å². The second-order valence-electron chi connectivity index (χ2n) is 3.76. The number of carbonyl (C=O) groups excluding carboxylic acids is 1. The van der Waals surface area contributed by atoms with Crippen LogP contribution in [0.15, 0.2) is 30.8 Å². The molecule has 0 bridgehead atoms. The van der Waals surface area contributed by atoms with Gasteiger partial charge in [0.25, 0.3) is 0 Å². The molecule has 1 aromatic carbocycles. The number of nitrogens with zero attached hydrogens (tertiary/aromatic N) is 3. The lowest BCUT2D eigenvalue weighted by molar-refractivity contribution is 0.104. The van der Waals surface area contributed by atoms with Gasteiger partial charge in [-0.1, -0.05) is 36.1 Å². The molecule has 0 fully saturated rings. The summed E-state index contributed by atoms with van der Waals surface area (Å²) in [5.74, 6) is -0.0961. The Bertz CT molecular complexity index is 625. The topological polar surface area (TPSA) is 47.8 Å². The van der Waals surface area contributed by atoms with Gasteiger partial charge in [-0.15, -0.1) is 5.10 Å². The number of fused-ring (bicyclic) bond motifs is 3. The first kappa shape index (κ1) is 9.03. The molecule has 3 rings (SSSR count). The standard InChI is InChI=1S/C12H9N3O/c1-7-8-5-3-4-6-9(8)10-11(12(7)16)15(2)14-13-10/h3-6H,1H2,2H3. The largest absolute Gasteiger partial charge is 0.287 e. The molecule has 0 unspecified atom stereocenters. The average molecular weight is 211 g/mol. The summed E-state index contributed by atoms with van der Waals surface area (Å²) in [5.41, 5.74) is 3.45. The van der Waals surface area contributed by atoms with Gasteiger partial charge in [-0.25, -0.2) is 4.68 Å². The molecule has 0 radical (unpaired) electrons. The highest BCUT2D eigenvalue weighted by molar-refractivity contribution is 6.32. The Morgan fingerprint density at radius 1 is 1.25 bits per heavy atom. The summed E-state index contributed by atoms with van der Waals surface area (Å²) in [6, 6.07) is 7.62. The van der Waals surface area contributed by atoms with E-state index in [1.165, 1.54) is 4.68 Å².